The highest BCUT2D eigenvalue weighted by Crippen LogP contribution is 2.31. The average molecular weight is 319 g/mol. The molecule has 6 heteroatoms. The fourth-order valence-corrected chi connectivity index (χ4v) is 3.04. The van der Waals surface area contributed by atoms with E-state index in [1.54, 1.807) is 23.6 Å². The smallest absolute Gasteiger partial charge is 0.308 e. The fraction of sp³-hybridized carbons (Fsp3) is 0.133. The Morgan fingerprint density at radius 2 is 2.10 bits per heavy atom. The predicted molar refractivity (Wildman–Crippen MR) is 83.9 cm³/mol. The lowest BCUT2D eigenvalue weighted by atomic mass is 10.1. The lowest BCUT2D eigenvalue weighted by Crippen LogP contribution is -2.02. The zero-order valence-electron chi connectivity index (χ0n) is 11.4. The second-order valence-electron chi connectivity index (χ2n) is 4.52. The van der Waals surface area contributed by atoms with Gasteiger partial charge in [-0.15, -0.1) is 11.3 Å². The summed E-state index contributed by atoms with van der Waals surface area (Å²) in [5.41, 5.74) is 2.79. The van der Waals surface area contributed by atoms with Gasteiger partial charge in [0.2, 0.25) is 0 Å². The van der Waals surface area contributed by atoms with Crippen LogP contribution in [0.4, 0.5) is 0 Å². The van der Waals surface area contributed by atoms with Gasteiger partial charge in [0.1, 0.15) is 0 Å². The molecule has 4 nitrogen and oxygen atoms in total. The number of pyridine rings is 1. The highest BCUT2D eigenvalue weighted by atomic mass is 35.5. The Hall–Kier alpha value is -1.98. The summed E-state index contributed by atoms with van der Waals surface area (Å²) >= 11 is 7.57. The summed E-state index contributed by atoms with van der Waals surface area (Å²) in [5.74, 6) is -0.161. The van der Waals surface area contributed by atoms with Crippen molar-refractivity contribution in [1.29, 1.82) is 0 Å². The monoisotopic (exact) mass is 318 g/mol. The van der Waals surface area contributed by atoms with Crippen LogP contribution in [0.15, 0.2) is 30.5 Å². The van der Waals surface area contributed by atoms with E-state index in [9.17, 15) is 4.79 Å². The number of esters is 1. The van der Waals surface area contributed by atoms with Gasteiger partial charge in [0.15, 0.2) is 10.9 Å². The number of aryl methyl sites for hydroxylation is 1. The number of halogens is 1. The number of ether oxygens (including phenoxy) is 1. The van der Waals surface area contributed by atoms with Crippen molar-refractivity contribution in [3.05, 3.63) is 40.6 Å². The van der Waals surface area contributed by atoms with Crippen LogP contribution < -0.4 is 4.74 Å². The molecule has 0 saturated heterocycles. The van der Waals surface area contributed by atoms with Crippen LogP contribution in [0.25, 0.3) is 21.3 Å². The fourth-order valence-electron chi connectivity index (χ4n) is 2.03. The van der Waals surface area contributed by atoms with Crippen molar-refractivity contribution < 1.29 is 9.53 Å². The van der Waals surface area contributed by atoms with E-state index in [1.165, 1.54) is 6.92 Å². The van der Waals surface area contributed by atoms with E-state index < -0.39 is 5.97 Å². The minimum absolute atomic E-state index is 0.170. The number of carbonyl (C=O) groups is 1. The average Bonchev–Trinajstić information content (AvgIpc) is 2.79. The molecular formula is C15H11ClN2O2S. The summed E-state index contributed by atoms with van der Waals surface area (Å²) in [7, 11) is 0. The van der Waals surface area contributed by atoms with Crippen LogP contribution in [0.2, 0.25) is 5.15 Å². The number of fused-ring (bicyclic) bond motifs is 1. The maximum Gasteiger partial charge on any atom is 0.308 e. The zero-order chi connectivity index (χ0) is 15.0. The van der Waals surface area contributed by atoms with Gasteiger partial charge in [-0.1, -0.05) is 17.7 Å². The first-order valence-corrected chi connectivity index (χ1v) is 7.44. The lowest BCUT2D eigenvalue weighted by molar-refractivity contribution is -0.131. The van der Waals surface area contributed by atoms with Crippen molar-refractivity contribution in [3.63, 3.8) is 0 Å². The molecule has 0 N–H and O–H groups in total. The third kappa shape index (κ3) is 2.89. The predicted octanol–water partition coefficient (Wildman–Crippen LogP) is 4.25. The molecule has 0 spiro atoms. The highest BCUT2D eigenvalue weighted by molar-refractivity contribution is 7.18. The van der Waals surface area contributed by atoms with Gasteiger partial charge in [0.05, 0.1) is 15.2 Å². The largest absolute Gasteiger partial charge is 0.423 e. The molecule has 0 unspecified atom stereocenters. The van der Waals surface area contributed by atoms with E-state index in [4.69, 9.17) is 16.3 Å². The van der Waals surface area contributed by atoms with E-state index in [1.807, 2.05) is 25.1 Å². The molecule has 0 atom stereocenters. The standard InChI is InChI=1S/C15H11ClN2O2S/c1-8-18-12-4-3-10(6-14(12)21-8)11-5-13(20-9(2)19)15(16)17-7-11/h3-7H,1-2H3. The molecule has 0 aliphatic carbocycles. The minimum atomic E-state index is -0.426. The molecule has 0 saturated carbocycles. The Morgan fingerprint density at radius 1 is 1.29 bits per heavy atom. The number of thiazole rings is 1. The molecule has 2 heterocycles. The number of aromatic nitrogens is 2. The summed E-state index contributed by atoms with van der Waals surface area (Å²) in [6.07, 6.45) is 1.66. The van der Waals surface area contributed by atoms with Crippen LogP contribution in [0.5, 0.6) is 5.75 Å². The van der Waals surface area contributed by atoms with Gasteiger partial charge < -0.3 is 4.74 Å². The van der Waals surface area contributed by atoms with Gasteiger partial charge >= 0.3 is 5.97 Å². The van der Waals surface area contributed by atoms with Gasteiger partial charge in [-0.25, -0.2) is 9.97 Å². The SMILES string of the molecule is CC(=O)Oc1cc(-c2ccc3nc(C)sc3c2)cnc1Cl. The van der Waals surface area contributed by atoms with E-state index in [-0.39, 0.29) is 10.9 Å². The Balaban J connectivity index is 2.06. The van der Waals surface area contributed by atoms with Crippen LogP contribution >= 0.6 is 22.9 Å². The van der Waals surface area contributed by atoms with Crippen LogP contribution in [-0.2, 0) is 4.79 Å². The number of benzene rings is 1. The van der Waals surface area contributed by atoms with Crippen molar-refractivity contribution >= 4 is 39.1 Å². The summed E-state index contributed by atoms with van der Waals surface area (Å²) in [6, 6.07) is 7.69. The van der Waals surface area contributed by atoms with Gasteiger partial charge in [-0.05, 0) is 30.7 Å². The Kier molecular flexibility index (Phi) is 3.61. The van der Waals surface area contributed by atoms with E-state index in [2.05, 4.69) is 9.97 Å². The lowest BCUT2D eigenvalue weighted by Gasteiger charge is -2.06. The van der Waals surface area contributed by atoms with Crippen molar-refractivity contribution in [2.45, 2.75) is 13.8 Å². The maximum atomic E-state index is 11.1. The van der Waals surface area contributed by atoms with Gasteiger partial charge in [-0.3, -0.25) is 4.79 Å². The van der Waals surface area contributed by atoms with Gasteiger partial charge in [0, 0.05) is 18.7 Å². The molecule has 2 aromatic heterocycles. The van der Waals surface area contributed by atoms with E-state index >= 15 is 0 Å². The van der Waals surface area contributed by atoms with E-state index in [0.717, 1.165) is 26.4 Å². The quantitative estimate of drug-likeness (QED) is 0.523. The molecule has 0 aliphatic rings. The molecule has 21 heavy (non-hydrogen) atoms. The third-order valence-electron chi connectivity index (χ3n) is 2.89. The number of nitrogens with zero attached hydrogens (tertiary/aromatic N) is 2. The van der Waals surface area contributed by atoms with Crippen LogP contribution in [-0.4, -0.2) is 15.9 Å². The van der Waals surface area contributed by atoms with Crippen molar-refractivity contribution in [1.82, 2.24) is 9.97 Å². The second-order valence-corrected chi connectivity index (χ2v) is 6.11. The number of rotatable bonds is 2. The summed E-state index contributed by atoms with van der Waals surface area (Å²) in [4.78, 5) is 19.6. The molecule has 0 radical (unpaired) electrons. The van der Waals surface area contributed by atoms with E-state index in [0.29, 0.717) is 0 Å². The third-order valence-corrected chi connectivity index (χ3v) is 4.11. The first-order chi connectivity index (χ1) is 10.0. The van der Waals surface area contributed by atoms with Crippen LogP contribution in [0.1, 0.15) is 11.9 Å². The first-order valence-electron chi connectivity index (χ1n) is 6.24. The minimum Gasteiger partial charge on any atom is -0.423 e. The highest BCUT2D eigenvalue weighted by Gasteiger charge is 2.10. The molecule has 0 fully saturated rings. The van der Waals surface area contributed by atoms with Gasteiger partial charge in [-0.2, -0.15) is 0 Å². The normalized spacial score (nSPS) is 10.8. The molecule has 3 rings (SSSR count). The second kappa shape index (κ2) is 5.42. The van der Waals surface area contributed by atoms with Gasteiger partial charge in [0.25, 0.3) is 0 Å². The molecule has 0 amide bonds. The zero-order valence-corrected chi connectivity index (χ0v) is 13.0. The molecule has 3 aromatic rings. The summed E-state index contributed by atoms with van der Waals surface area (Å²) in [5, 5.41) is 1.20. The Labute approximate surface area is 130 Å². The molecule has 1 aromatic carbocycles. The molecular weight excluding hydrogens is 308 g/mol. The van der Waals surface area contributed by atoms with Crippen LogP contribution in [0, 0.1) is 6.92 Å². The first kappa shape index (κ1) is 14.0. The molecule has 106 valence electrons. The van der Waals surface area contributed by atoms with Crippen molar-refractivity contribution in [3.8, 4) is 16.9 Å². The number of hydrogen-bond acceptors (Lipinski definition) is 5. The number of hydrogen-bond donors (Lipinski definition) is 0. The van der Waals surface area contributed by atoms with Crippen LogP contribution in [0.3, 0.4) is 0 Å². The van der Waals surface area contributed by atoms with Crippen molar-refractivity contribution in [2.75, 3.05) is 0 Å². The molecule has 0 aliphatic heterocycles. The Morgan fingerprint density at radius 3 is 2.86 bits per heavy atom. The molecule has 0 bridgehead atoms. The summed E-state index contributed by atoms with van der Waals surface area (Å²) in [6.45, 7) is 3.31. The number of carbonyl (C=O) groups excluding carboxylic acids is 1. The summed E-state index contributed by atoms with van der Waals surface area (Å²) < 4.78 is 6.16. The maximum absolute atomic E-state index is 11.1. The van der Waals surface area contributed by atoms with Crippen molar-refractivity contribution in [2.24, 2.45) is 0 Å². The topological polar surface area (TPSA) is 52.1 Å². The Bertz CT molecular complexity index is 845.